The van der Waals surface area contributed by atoms with Gasteiger partial charge in [0.05, 0.1) is 18.1 Å². The Hall–Kier alpha value is -4.17. The lowest BCUT2D eigenvalue weighted by molar-refractivity contribution is -0.135. The number of benzene rings is 4. The Bertz CT molecular complexity index is 1240. The summed E-state index contributed by atoms with van der Waals surface area (Å²) in [5.74, 6) is -0.335. The Kier molecular flexibility index (Phi) is 5.50. The molecular formula is C31H24O2. The highest BCUT2D eigenvalue weighted by atomic mass is 16.5. The lowest BCUT2D eigenvalue weighted by atomic mass is 9.79. The highest BCUT2D eigenvalue weighted by Crippen LogP contribution is 2.56. The third-order valence-corrected chi connectivity index (χ3v) is 6.19. The van der Waals surface area contributed by atoms with E-state index in [1.165, 1.54) is 7.11 Å². The van der Waals surface area contributed by atoms with Crippen molar-refractivity contribution in [1.29, 1.82) is 0 Å². The van der Waals surface area contributed by atoms with E-state index < -0.39 is 5.41 Å². The van der Waals surface area contributed by atoms with Crippen LogP contribution in [0.2, 0.25) is 0 Å². The normalized spacial score (nSPS) is 13.5. The predicted molar refractivity (Wildman–Crippen MR) is 133 cm³/mol. The topological polar surface area (TPSA) is 26.3 Å². The maximum absolute atomic E-state index is 13.4. The summed E-state index contributed by atoms with van der Waals surface area (Å²) >= 11 is 0. The van der Waals surface area contributed by atoms with Gasteiger partial charge >= 0.3 is 5.97 Å². The molecule has 0 saturated carbocycles. The van der Waals surface area contributed by atoms with Crippen LogP contribution in [0.4, 0.5) is 0 Å². The maximum Gasteiger partial charge on any atom is 0.338 e. The molecule has 0 spiro atoms. The van der Waals surface area contributed by atoms with Crippen molar-refractivity contribution in [3.8, 4) is 0 Å². The van der Waals surface area contributed by atoms with E-state index in [0.29, 0.717) is 5.57 Å². The first-order chi connectivity index (χ1) is 16.3. The van der Waals surface area contributed by atoms with E-state index in [-0.39, 0.29) is 5.97 Å². The molecule has 0 radical (unpaired) electrons. The number of rotatable bonds is 6. The van der Waals surface area contributed by atoms with Crippen LogP contribution < -0.4 is 0 Å². The van der Waals surface area contributed by atoms with Crippen LogP contribution in [0.1, 0.15) is 22.3 Å². The number of carbonyl (C=O) groups is 1. The third kappa shape index (κ3) is 3.70. The minimum atomic E-state index is -0.471. The smallest absolute Gasteiger partial charge is 0.338 e. The van der Waals surface area contributed by atoms with Gasteiger partial charge < -0.3 is 4.74 Å². The van der Waals surface area contributed by atoms with Crippen LogP contribution in [0.25, 0.3) is 5.57 Å². The average Bonchev–Trinajstić information content (AvgIpc) is 3.65. The molecular weight excluding hydrogens is 404 g/mol. The van der Waals surface area contributed by atoms with Crippen LogP contribution in [0, 0.1) is 0 Å². The van der Waals surface area contributed by atoms with E-state index in [1.807, 2.05) is 97.1 Å². The standard InChI is InChI=1S/C31H24O2/c1-33-30(32)29(28(23-14-6-2-7-15-23)24-16-8-3-9-17-24)27-22-31(27,25-18-10-4-11-19-25)26-20-12-5-13-21-26/h2-22H,1H3. The van der Waals surface area contributed by atoms with Crippen molar-refractivity contribution in [1.82, 2.24) is 0 Å². The molecule has 0 aromatic heterocycles. The summed E-state index contributed by atoms with van der Waals surface area (Å²) in [6.45, 7) is 0. The summed E-state index contributed by atoms with van der Waals surface area (Å²) in [5, 5.41) is 0. The van der Waals surface area contributed by atoms with E-state index in [0.717, 1.165) is 33.4 Å². The Morgan fingerprint density at radius 2 is 1.00 bits per heavy atom. The predicted octanol–water partition coefficient (Wildman–Crippen LogP) is 6.59. The number of carbonyl (C=O) groups excluding carboxylic acids is 1. The molecule has 1 aliphatic carbocycles. The first-order valence-corrected chi connectivity index (χ1v) is 11.0. The van der Waals surface area contributed by atoms with Gasteiger partial charge in [0.15, 0.2) is 0 Å². The molecule has 0 N–H and O–H groups in total. The van der Waals surface area contributed by atoms with Gasteiger partial charge in [0.25, 0.3) is 0 Å². The first-order valence-electron chi connectivity index (χ1n) is 11.0. The summed E-state index contributed by atoms with van der Waals surface area (Å²) in [7, 11) is 1.45. The van der Waals surface area contributed by atoms with Crippen molar-refractivity contribution in [3.63, 3.8) is 0 Å². The van der Waals surface area contributed by atoms with Gasteiger partial charge in [-0.3, -0.25) is 0 Å². The molecule has 4 aromatic rings. The van der Waals surface area contributed by atoms with Gasteiger partial charge in [-0.1, -0.05) is 127 Å². The van der Waals surface area contributed by atoms with Crippen molar-refractivity contribution in [3.05, 3.63) is 161 Å². The monoisotopic (exact) mass is 428 g/mol. The van der Waals surface area contributed by atoms with Gasteiger partial charge in [-0.25, -0.2) is 4.79 Å². The Labute approximate surface area is 194 Å². The number of hydrogen-bond acceptors (Lipinski definition) is 2. The highest BCUT2D eigenvalue weighted by molar-refractivity contribution is 6.08. The van der Waals surface area contributed by atoms with Crippen LogP contribution in [-0.4, -0.2) is 13.1 Å². The molecule has 0 heterocycles. The van der Waals surface area contributed by atoms with Gasteiger partial charge in [-0.15, -0.1) is 0 Å². The minimum absolute atomic E-state index is 0.335. The maximum atomic E-state index is 13.4. The van der Waals surface area contributed by atoms with E-state index in [1.54, 1.807) is 0 Å². The largest absolute Gasteiger partial charge is 0.465 e. The molecule has 0 fully saturated rings. The summed E-state index contributed by atoms with van der Waals surface area (Å²) in [5.41, 5.74) is 6.20. The van der Waals surface area contributed by atoms with Crippen molar-refractivity contribution in [2.45, 2.75) is 5.41 Å². The fraction of sp³-hybridized carbons (Fsp3) is 0.0645. The van der Waals surface area contributed by atoms with E-state index >= 15 is 0 Å². The number of esters is 1. The van der Waals surface area contributed by atoms with E-state index in [2.05, 4.69) is 30.3 Å². The quantitative estimate of drug-likeness (QED) is 0.256. The minimum Gasteiger partial charge on any atom is -0.465 e. The van der Waals surface area contributed by atoms with Crippen molar-refractivity contribution in [2.75, 3.05) is 7.11 Å². The van der Waals surface area contributed by atoms with Gasteiger partial charge in [0.1, 0.15) is 0 Å². The molecule has 0 atom stereocenters. The SMILES string of the molecule is COC(=O)C(C1=CC1(c1ccccc1)c1ccccc1)=C(c1ccccc1)c1ccccc1. The lowest BCUT2D eigenvalue weighted by Crippen LogP contribution is -2.18. The van der Waals surface area contributed by atoms with Gasteiger partial charge in [0, 0.05) is 5.57 Å². The zero-order valence-corrected chi connectivity index (χ0v) is 18.4. The molecule has 0 aliphatic heterocycles. The van der Waals surface area contributed by atoms with E-state index in [9.17, 15) is 4.79 Å². The summed E-state index contributed by atoms with van der Waals surface area (Å²) in [4.78, 5) is 13.4. The zero-order valence-electron chi connectivity index (χ0n) is 18.4. The molecule has 1 aliphatic rings. The Balaban J connectivity index is 1.78. The van der Waals surface area contributed by atoms with Gasteiger partial charge in [-0.05, 0) is 27.8 Å². The molecule has 0 unspecified atom stereocenters. The van der Waals surface area contributed by atoms with Gasteiger partial charge in [0.2, 0.25) is 0 Å². The molecule has 0 amide bonds. The molecule has 0 bridgehead atoms. The fourth-order valence-electron chi connectivity index (χ4n) is 4.61. The Morgan fingerprint density at radius 3 is 1.39 bits per heavy atom. The second-order valence-corrected chi connectivity index (χ2v) is 8.07. The molecule has 5 rings (SSSR count). The first kappa shape index (κ1) is 20.7. The van der Waals surface area contributed by atoms with Gasteiger partial charge in [-0.2, -0.15) is 0 Å². The number of allylic oxidation sites excluding steroid dienone is 1. The summed E-state index contributed by atoms with van der Waals surface area (Å²) in [6, 6.07) is 40.8. The molecule has 0 saturated heterocycles. The number of methoxy groups -OCH3 is 1. The molecule has 160 valence electrons. The lowest BCUT2D eigenvalue weighted by Gasteiger charge is -2.23. The van der Waals surface area contributed by atoms with Crippen LogP contribution in [0.15, 0.2) is 139 Å². The van der Waals surface area contributed by atoms with Crippen LogP contribution in [-0.2, 0) is 14.9 Å². The zero-order chi connectivity index (χ0) is 22.7. The Morgan fingerprint density at radius 1 is 0.606 bits per heavy atom. The molecule has 2 heteroatoms. The molecule has 33 heavy (non-hydrogen) atoms. The van der Waals surface area contributed by atoms with Crippen molar-refractivity contribution in [2.24, 2.45) is 0 Å². The van der Waals surface area contributed by atoms with Crippen LogP contribution in [0.3, 0.4) is 0 Å². The highest BCUT2D eigenvalue weighted by Gasteiger charge is 2.51. The average molecular weight is 429 g/mol. The number of ether oxygens (including phenoxy) is 1. The van der Waals surface area contributed by atoms with E-state index in [4.69, 9.17) is 4.74 Å². The van der Waals surface area contributed by atoms with Crippen molar-refractivity contribution < 1.29 is 9.53 Å². The second kappa shape index (κ2) is 8.76. The molecule has 4 aromatic carbocycles. The second-order valence-electron chi connectivity index (χ2n) is 8.07. The molecule has 2 nitrogen and oxygen atoms in total. The fourth-order valence-corrected chi connectivity index (χ4v) is 4.61. The summed E-state index contributed by atoms with van der Waals surface area (Å²) in [6.07, 6.45) is 2.19. The number of hydrogen-bond donors (Lipinski definition) is 0. The summed E-state index contributed by atoms with van der Waals surface area (Å²) < 4.78 is 5.37. The van der Waals surface area contributed by atoms with Crippen molar-refractivity contribution >= 4 is 11.5 Å². The van der Waals surface area contributed by atoms with Crippen LogP contribution in [0.5, 0.6) is 0 Å². The van der Waals surface area contributed by atoms with Crippen LogP contribution >= 0.6 is 0 Å². The third-order valence-electron chi connectivity index (χ3n) is 6.19.